The van der Waals surface area contributed by atoms with Crippen LogP contribution in [0.15, 0.2) is 65.8 Å². The van der Waals surface area contributed by atoms with Gasteiger partial charge in [0, 0.05) is 0 Å². The molecule has 2 aliphatic carbocycles. The van der Waals surface area contributed by atoms with Gasteiger partial charge in [0.05, 0.1) is 0 Å². The van der Waals surface area contributed by atoms with Gasteiger partial charge < -0.3 is 0 Å². The Bertz CT molecular complexity index is 1070. The Morgan fingerprint density at radius 2 is 1.72 bits per heavy atom. The average molecular weight is 324 g/mol. The second-order valence-electron chi connectivity index (χ2n) is 6.70. The quantitative estimate of drug-likeness (QED) is 0.665. The Morgan fingerprint density at radius 1 is 0.960 bits per heavy atom. The fourth-order valence-corrected chi connectivity index (χ4v) is 4.09. The minimum atomic E-state index is 1.000. The molecule has 0 bridgehead atoms. The second kappa shape index (κ2) is 6.72. The summed E-state index contributed by atoms with van der Waals surface area (Å²) in [6, 6.07) is 8.88. The van der Waals surface area contributed by atoms with Crippen LogP contribution in [0.3, 0.4) is 0 Å². The number of hydrogen-bond donors (Lipinski definition) is 0. The molecule has 25 heavy (non-hydrogen) atoms. The molecule has 0 saturated heterocycles. The Balaban J connectivity index is 2.11. The molecule has 2 aromatic rings. The minimum Gasteiger partial charge on any atom is -0.0871 e. The monoisotopic (exact) mass is 324 g/mol. The van der Waals surface area contributed by atoms with Crippen molar-refractivity contribution in [2.75, 3.05) is 0 Å². The Morgan fingerprint density at radius 3 is 2.48 bits per heavy atom. The summed E-state index contributed by atoms with van der Waals surface area (Å²) < 4.78 is 0. The molecule has 0 amide bonds. The third-order valence-corrected chi connectivity index (χ3v) is 5.22. The van der Waals surface area contributed by atoms with E-state index in [-0.39, 0.29) is 0 Å². The van der Waals surface area contributed by atoms with Crippen LogP contribution in [-0.4, -0.2) is 0 Å². The molecule has 0 atom stereocenters. The first kappa shape index (κ1) is 15.9. The lowest BCUT2D eigenvalue weighted by molar-refractivity contribution is 1.10. The van der Waals surface area contributed by atoms with Crippen molar-refractivity contribution in [1.29, 1.82) is 0 Å². The standard InChI is InChI=1S/C25H24/c1-3-10-18(4-2)19-11-9-16-24-22-14-6-5-12-20(22)21-13-7-8-15-23(21)25(24)17-19/h3-4,7-15,17H,5-6,16H2,1-2H3/b10-3-,18-4+. The van der Waals surface area contributed by atoms with Gasteiger partial charge in [-0.05, 0) is 82.7 Å². The normalized spacial score (nSPS) is 16.7. The van der Waals surface area contributed by atoms with Gasteiger partial charge in [-0.25, -0.2) is 0 Å². The highest BCUT2D eigenvalue weighted by Gasteiger charge is 2.14. The summed E-state index contributed by atoms with van der Waals surface area (Å²) in [6.07, 6.45) is 21.7. The number of benzene rings is 2. The van der Waals surface area contributed by atoms with Gasteiger partial charge in [0.25, 0.3) is 0 Å². The van der Waals surface area contributed by atoms with E-state index in [1.807, 2.05) is 0 Å². The van der Waals surface area contributed by atoms with Gasteiger partial charge in [-0.2, -0.15) is 0 Å². The van der Waals surface area contributed by atoms with E-state index in [4.69, 9.17) is 0 Å². The molecular weight excluding hydrogens is 300 g/mol. The number of rotatable bonds is 2. The van der Waals surface area contributed by atoms with Crippen molar-refractivity contribution in [3.8, 4) is 0 Å². The van der Waals surface area contributed by atoms with Crippen molar-refractivity contribution in [2.24, 2.45) is 0 Å². The molecule has 4 rings (SSSR count). The zero-order valence-corrected chi connectivity index (χ0v) is 15.0. The van der Waals surface area contributed by atoms with Crippen LogP contribution in [-0.2, 0) is 6.42 Å². The maximum Gasteiger partial charge on any atom is -0.00819 e. The van der Waals surface area contributed by atoms with Crippen LogP contribution >= 0.6 is 0 Å². The lowest BCUT2D eigenvalue weighted by Gasteiger charge is -2.14. The molecule has 0 heterocycles. The second-order valence-corrected chi connectivity index (χ2v) is 6.70. The smallest absolute Gasteiger partial charge is 0.00819 e. The predicted octanol–water partition coefficient (Wildman–Crippen LogP) is 5.21. The van der Waals surface area contributed by atoms with Gasteiger partial charge in [0.1, 0.15) is 0 Å². The molecule has 2 aliphatic rings. The fraction of sp³-hybridized carbons (Fsp3) is 0.200. The molecule has 0 heteroatoms. The van der Waals surface area contributed by atoms with Gasteiger partial charge in [-0.3, -0.25) is 0 Å². The molecule has 0 N–H and O–H groups in total. The van der Waals surface area contributed by atoms with Crippen molar-refractivity contribution >= 4 is 29.0 Å². The van der Waals surface area contributed by atoms with Crippen LogP contribution in [0, 0.1) is 0 Å². The summed E-state index contributed by atoms with van der Waals surface area (Å²) in [5.74, 6) is 0. The van der Waals surface area contributed by atoms with Gasteiger partial charge in [-0.15, -0.1) is 0 Å². The van der Waals surface area contributed by atoms with Gasteiger partial charge >= 0.3 is 0 Å². The molecule has 2 aromatic carbocycles. The van der Waals surface area contributed by atoms with Gasteiger partial charge in [-0.1, -0.05) is 66.8 Å². The van der Waals surface area contributed by atoms with Gasteiger partial charge in [0.2, 0.25) is 0 Å². The van der Waals surface area contributed by atoms with Crippen LogP contribution in [0.5, 0.6) is 0 Å². The summed E-state index contributed by atoms with van der Waals surface area (Å²) in [4.78, 5) is 0. The molecular formula is C25H24. The van der Waals surface area contributed by atoms with E-state index < -0.39 is 0 Å². The maximum atomic E-state index is 2.44. The van der Waals surface area contributed by atoms with Crippen molar-refractivity contribution in [1.82, 2.24) is 0 Å². The molecule has 0 aliphatic heterocycles. The number of fused-ring (bicyclic) bond motifs is 6. The van der Waals surface area contributed by atoms with Crippen LogP contribution in [0.1, 0.15) is 37.8 Å². The van der Waals surface area contributed by atoms with Crippen molar-refractivity contribution in [3.05, 3.63) is 87.4 Å². The average Bonchev–Trinajstić information content (AvgIpc) is 2.89. The molecule has 0 fully saturated rings. The molecule has 0 saturated carbocycles. The Kier molecular flexibility index (Phi) is 4.28. The highest BCUT2D eigenvalue weighted by molar-refractivity contribution is 5.94. The number of allylic oxidation sites excluding steroid dienone is 7. The lowest BCUT2D eigenvalue weighted by atomic mass is 9.90. The number of hydrogen-bond acceptors (Lipinski definition) is 0. The van der Waals surface area contributed by atoms with E-state index in [9.17, 15) is 0 Å². The molecule has 0 aromatic heterocycles. The highest BCUT2D eigenvalue weighted by Crippen LogP contribution is 2.27. The van der Waals surface area contributed by atoms with Crippen molar-refractivity contribution in [2.45, 2.75) is 33.1 Å². The highest BCUT2D eigenvalue weighted by atomic mass is 14.2. The SMILES string of the molecule is C/C=C\C(=C/C)C1=Cc2c(c3c(c4ccccc24)=CCCC=3)CC=C1. The Labute approximate surface area is 149 Å². The summed E-state index contributed by atoms with van der Waals surface area (Å²) in [6.45, 7) is 4.19. The van der Waals surface area contributed by atoms with E-state index in [2.05, 4.69) is 86.7 Å². The summed E-state index contributed by atoms with van der Waals surface area (Å²) in [5, 5.41) is 5.65. The first-order chi connectivity index (χ1) is 12.3. The van der Waals surface area contributed by atoms with E-state index in [0.717, 1.165) is 19.3 Å². The predicted molar refractivity (Wildman–Crippen MR) is 111 cm³/mol. The zero-order valence-electron chi connectivity index (χ0n) is 15.0. The Hall–Kier alpha value is -2.60. The van der Waals surface area contributed by atoms with E-state index in [1.165, 1.54) is 43.5 Å². The van der Waals surface area contributed by atoms with Crippen LogP contribution < -0.4 is 10.4 Å². The van der Waals surface area contributed by atoms with E-state index >= 15 is 0 Å². The summed E-state index contributed by atoms with van der Waals surface area (Å²) >= 11 is 0. The van der Waals surface area contributed by atoms with Crippen LogP contribution in [0.25, 0.3) is 29.0 Å². The fourth-order valence-electron chi connectivity index (χ4n) is 4.09. The summed E-state index contributed by atoms with van der Waals surface area (Å²) in [5.41, 5.74) is 5.45. The summed E-state index contributed by atoms with van der Waals surface area (Å²) in [7, 11) is 0. The first-order valence-electron chi connectivity index (χ1n) is 9.25. The van der Waals surface area contributed by atoms with E-state index in [1.54, 1.807) is 0 Å². The first-order valence-corrected chi connectivity index (χ1v) is 9.25. The molecule has 0 spiro atoms. The van der Waals surface area contributed by atoms with Crippen LogP contribution in [0.4, 0.5) is 0 Å². The van der Waals surface area contributed by atoms with Crippen molar-refractivity contribution in [3.63, 3.8) is 0 Å². The maximum absolute atomic E-state index is 2.44. The van der Waals surface area contributed by atoms with Crippen LogP contribution in [0.2, 0.25) is 0 Å². The largest absolute Gasteiger partial charge is 0.0871 e. The van der Waals surface area contributed by atoms with Crippen molar-refractivity contribution < 1.29 is 0 Å². The topological polar surface area (TPSA) is 0 Å². The molecule has 0 unspecified atom stereocenters. The zero-order chi connectivity index (χ0) is 17.2. The lowest BCUT2D eigenvalue weighted by Crippen LogP contribution is -2.32. The van der Waals surface area contributed by atoms with E-state index in [0.29, 0.717) is 0 Å². The molecule has 0 radical (unpaired) electrons. The minimum absolute atomic E-state index is 1.000. The third-order valence-electron chi connectivity index (χ3n) is 5.22. The molecule has 124 valence electrons. The molecule has 0 nitrogen and oxygen atoms in total. The van der Waals surface area contributed by atoms with Gasteiger partial charge in [0.15, 0.2) is 0 Å². The third kappa shape index (κ3) is 2.72.